The van der Waals surface area contributed by atoms with Gasteiger partial charge in [-0.25, -0.2) is 23.1 Å². The van der Waals surface area contributed by atoms with E-state index in [9.17, 15) is 13.2 Å². The molecule has 1 amide bonds. The molecule has 0 spiro atoms. The van der Waals surface area contributed by atoms with Crippen LogP contribution in [0.2, 0.25) is 0 Å². The molecule has 1 heterocycles. The van der Waals surface area contributed by atoms with Crippen LogP contribution < -0.4 is 10.0 Å². The quantitative estimate of drug-likeness (QED) is 0.728. The Bertz CT molecular complexity index is 1080. The molecule has 2 atom stereocenters. The van der Waals surface area contributed by atoms with Crippen molar-refractivity contribution >= 4 is 27.6 Å². The molecule has 164 valence electrons. The molecule has 4 fully saturated rings. The zero-order chi connectivity index (χ0) is 21.6. The molecule has 4 aliphatic carbocycles. The third-order valence-electron chi connectivity index (χ3n) is 7.28. The van der Waals surface area contributed by atoms with Crippen LogP contribution in [0.25, 0.3) is 0 Å². The molecule has 4 bridgehead atoms. The lowest BCUT2D eigenvalue weighted by atomic mass is 9.58. The highest BCUT2D eigenvalue weighted by molar-refractivity contribution is 7.92. The molecule has 1 aromatic heterocycles. The second-order valence-electron chi connectivity index (χ2n) is 9.65. The first-order valence-corrected chi connectivity index (χ1v) is 12.5. The number of carbonyl (C=O) groups excluding carboxylic acids is 1. The van der Waals surface area contributed by atoms with Crippen LogP contribution >= 0.6 is 0 Å². The summed E-state index contributed by atoms with van der Waals surface area (Å²) in [6, 6.07) is 8.00. The fourth-order valence-electron chi connectivity index (χ4n) is 6.13. The molecule has 4 saturated carbocycles. The predicted octanol–water partition coefficient (Wildman–Crippen LogP) is 4.13. The summed E-state index contributed by atoms with van der Waals surface area (Å²) in [6.07, 6.45) is 9.61. The van der Waals surface area contributed by atoms with E-state index in [1.54, 1.807) is 25.1 Å². The fourth-order valence-corrected chi connectivity index (χ4v) is 7.08. The molecule has 0 unspecified atom stereocenters. The highest BCUT2D eigenvalue weighted by Gasteiger charge is 2.52. The van der Waals surface area contributed by atoms with E-state index in [2.05, 4.69) is 20.0 Å². The second-order valence-corrected chi connectivity index (χ2v) is 11.3. The van der Waals surface area contributed by atoms with Gasteiger partial charge in [-0.15, -0.1) is 0 Å². The van der Waals surface area contributed by atoms with E-state index in [1.807, 2.05) is 0 Å². The molecule has 2 aromatic rings. The van der Waals surface area contributed by atoms with Crippen molar-refractivity contribution in [2.45, 2.75) is 56.8 Å². The van der Waals surface area contributed by atoms with E-state index < -0.39 is 10.0 Å². The number of nitrogens with zero attached hydrogens (tertiary/aromatic N) is 2. The topological polar surface area (TPSA) is 101 Å². The van der Waals surface area contributed by atoms with Gasteiger partial charge in [0.05, 0.1) is 10.3 Å². The maximum atomic E-state index is 13.3. The Morgan fingerprint density at radius 2 is 1.65 bits per heavy atom. The van der Waals surface area contributed by atoms with E-state index >= 15 is 0 Å². The van der Waals surface area contributed by atoms with Crippen molar-refractivity contribution in [3.8, 4) is 0 Å². The lowest BCUT2D eigenvalue weighted by Gasteiger charge is -2.47. The molecule has 0 radical (unpaired) electrons. The lowest BCUT2D eigenvalue weighted by Crippen LogP contribution is -2.46. The number of nitrogens with one attached hydrogen (secondary N) is 2. The number of anilines is 2. The number of aromatic nitrogens is 2. The second kappa shape index (κ2) is 7.58. The number of sulfonamides is 1. The van der Waals surface area contributed by atoms with Crippen molar-refractivity contribution in [1.29, 1.82) is 0 Å². The third-order valence-corrected chi connectivity index (χ3v) is 8.62. The number of carbonyl (C=O) groups is 1. The Balaban J connectivity index is 1.30. The largest absolute Gasteiger partial charge is 0.326 e. The first kappa shape index (κ1) is 20.4. The van der Waals surface area contributed by atoms with Gasteiger partial charge in [-0.1, -0.05) is 12.8 Å². The monoisotopic (exact) mass is 440 g/mol. The summed E-state index contributed by atoms with van der Waals surface area (Å²) in [4.78, 5) is 21.4. The van der Waals surface area contributed by atoms with Crippen molar-refractivity contribution in [2.24, 2.45) is 23.2 Å². The van der Waals surface area contributed by atoms with E-state index in [4.69, 9.17) is 0 Å². The number of aryl methyl sites for hydroxylation is 1. The van der Waals surface area contributed by atoms with Crippen LogP contribution in [0.1, 0.15) is 50.6 Å². The SMILES string of the molecule is Cc1ccnc(NS(=O)(=O)c2ccc(NC(=O)C34CC5C[C@H](CC[C@@H](C5)C3)C4)cc2)n1. The molecule has 2 N–H and O–H groups in total. The van der Waals surface area contributed by atoms with E-state index in [0.717, 1.165) is 19.3 Å². The van der Waals surface area contributed by atoms with Gasteiger partial charge in [0.1, 0.15) is 0 Å². The minimum Gasteiger partial charge on any atom is -0.326 e. The molecular weight excluding hydrogens is 412 g/mol. The molecule has 0 saturated heterocycles. The Kier molecular flexibility index (Phi) is 5.00. The Labute approximate surface area is 183 Å². The molecule has 7 nitrogen and oxygen atoms in total. The van der Waals surface area contributed by atoms with Gasteiger partial charge >= 0.3 is 0 Å². The zero-order valence-electron chi connectivity index (χ0n) is 17.7. The van der Waals surface area contributed by atoms with Gasteiger partial charge in [-0.05, 0) is 87.1 Å². The van der Waals surface area contributed by atoms with Gasteiger partial charge in [-0.3, -0.25) is 4.79 Å². The highest BCUT2D eigenvalue weighted by Crippen LogP contribution is 2.58. The van der Waals surface area contributed by atoms with Crippen LogP contribution in [0, 0.1) is 30.1 Å². The Morgan fingerprint density at radius 3 is 2.29 bits per heavy atom. The summed E-state index contributed by atoms with van der Waals surface area (Å²) in [5.41, 5.74) is 1.05. The lowest BCUT2D eigenvalue weighted by molar-refractivity contribution is -0.132. The Hall–Kier alpha value is -2.48. The van der Waals surface area contributed by atoms with Crippen molar-refractivity contribution < 1.29 is 13.2 Å². The standard InChI is InChI=1S/C23H28N4O3S/c1-15-8-9-24-22(25-15)27-31(29,30)20-6-4-19(5-7-20)26-21(28)23-12-16-2-3-17(13-23)11-18(10-16)14-23/h4-9,16-18H,2-3,10-14H2,1H3,(H,26,28)(H,24,25,27)/t16-,17-,18?,23?/m0/s1. The summed E-state index contributed by atoms with van der Waals surface area (Å²) in [5, 5.41) is 3.08. The van der Waals surface area contributed by atoms with Gasteiger partial charge in [0.25, 0.3) is 10.0 Å². The summed E-state index contributed by atoms with van der Waals surface area (Å²) in [7, 11) is -3.80. The number of hydrogen-bond donors (Lipinski definition) is 2. The van der Waals surface area contributed by atoms with E-state index in [-0.39, 0.29) is 22.2 Å². The number of hydrogen-bond acceptors (Lipinski definition) is 5. The normalized spacial score (nSPS) is 29.4. The molecule has 31 heavy (non-hydrogen) atoms. The van der Waals surface area contributed by atoms with Gasteiger partial charge in [0, 0.05) is 17.6 Å². The zero-order valence-corrected chi connectivity index (χ0v) is 18.5. The summed E-state index contributed by atoms with van der Waals surface area (Å²) >= 11 is 0. The van der Waals surface area contributed by atoms with Crippen molar-refractivity contribution in [3.63, 3.8) is 0 Å². The number of fused-ring (bicyclic) bond motifs is 1. The van der Waals surface area contributed by atoms with Crippen LogP contribution in [0.5, 0.6) is 0 Å². The van der Waals surface area contributed by atoms with E-state index in [1.165, 1.54) is 44.0 Å². The maximum Gasteiger partial charge on any atom is 0.264 e. The van der Waals surface area contributed by atoms with Crippen molar-refractivity contribution in [2.75, 3.05) is 10.0 Å². The average molecular weight is 441 g/mol. The first-order chi connectivity index (χ1) is 14.8. The van der Waals surface area contributed by atoms with Crippen LogP contribution in [-0.2, 0) is 14.8 Å². The minimum atomic E-state index is -3.80. The minimum absolute atomic E-state index is 0.0373. The van der Waals surface area contributed by atoms with Crippen molar-refractivity contribution in [1.82, 2.24) is 9.97 Å². The molecule has 8 heteroatoms. The molecule has 6 rings (SSSR count). The van der Waals surface area contributed by atoms with Gasteiger partial charge < -0.3 is 5.32 Å². The smallest absolute Gasteiger partial charge is 0.264 e. The molecule has 1 aromatic carbocycles. The molecular formula is C23H28N4O3S. The van der Waals surface area contributed by atoms with E-state index in [0.29, 0.717) is 29.1 Å². The maximum absolute atomic E-state index is 13.3. The Morgan fingerprint density at radius 1 is 1.00 bits per heavy atom. The molecule has 0 aliphatic heterocycles. The van der Waals surface area contributed by atoms with Gasteiger partial charge in [-0.2, -0.15) is 0 Å². The third kappa shape index (κ3) is 4.05. The van der Waals surface area contributed by atoms with Crippen LogP contribution in [0.4, 0.5) is 11.6 Å². The predicted molar refractivity (Wildman–Crippen MR) is 118 cm³/mol. The van der Waals surface area contributed by atoms with Crippen molar-refractivity contribution in [3.05, 3.63) is 42.2 Å². The number of benzene rings is 1. The summed E-state index contributed by atoms with van der Waals surface area (Å²) in [5.74, 6) is 2.19. The molecule has 4 aliphatic rings. The average Bonchev–Trinajstić information content (AvgIpc) is 2.93. The number of rotatable bonds is 5. The van der Waals surface area contributed by atoms with Crippen LogP contribution in [0.15, 0.2) is 41.4 Å². The number of amides is 1. The highest BCUT2D eigenvalue weighted by atomic mass is 32.2. The van der Waals surface area contributed by atoms with Gasteiger partial charge in [0.15, 0.2) is 0 Å². The fraction of sp³-hybridized carbons (Fsp3) is 0.522. The van der Waals surface area contributed by atoms with Gasteiger partial charge in [0.2, 0.25) is 11.9 Å². The van der Waals surface area contributed by atoms with Crippen LogP contribution in [0.3, 0.4) is 0 Å². The van der Waals surface area contributed by atoms with Crippen LogP contribution in [-0.4, -0.2) is 24.3 Å². The summed E-state index contributed by atoms with van der Waals surface area (Å²) in [6.45, 7) is 1.77. The first-order valence-electron chi connectivity index (χ1n) is 11.1. The summed E-state index contributed by atoms with van der Waals surface area (Å²) < 4.78 is 27.7.